The summed E-state index contributed by atoms with van der Waals surface area (Å²) in [6, 6.07) is 6.99. The zero-order valence-electron chi connectivity index (χ0n) is 11.2. The molecule has 0 radical (unpaired) electrons. The minimum atomic E-state index is -1.16. The van der Waals surface area contributed by atoms with Crippen molar-refractivity contribution in [3.05, 3.63) is 29.8 Å². The van der Waals surface area contributed by atoms with Gasteiger partial charge in [-0.2, -0.15) is 0 Å². The van der Waals surface area contributed by atoms with Crippen molar-refractivity contribution in [2.24, 2.45) is 5.92 Å². The monoisotopic (exact) mass is 259 g/mol. The molecule has 100 valence electrons. The summed E-state index contributed by atoms with van der Waals surface area (Å²) in [5.74, 6) is -2.30. The quantitative estimate of drug-likeness (QED) is 0.779. The Hall–Kier alpha value is -1.97. The molecule has 0 fully saturated rings. The van der Waals surface area contributed by atoms with Crippen LogP contribution in [0, 0.1) is 5.92 Å². The number of hydrogen-bond donors (Lipinski definition) is 0. The summed E-state index contributed by atoms with van der Waals surface area (Å²) in [5.41, 5.74) is 1.10. The Morgan fingerprint density at radius 1 is 1.26 bits per heavy atom. The first kappa shape index (κ1) is 13.5. The molecule has 0 N–H and O–H groups in total. The molecular formula is C15H17NO3. The van der Waals surface area contributed by atoms with Crippen LogP contribution in [0.2, 0.25) is 0 Å². The Kier molecular flexibility index (Phi) is 3.79. The van der Waals surface area contributed by atoms with E-state index in [1.165, 1.54) is 6.92 Å². The smallest absolute Gasteiger partial charge is 0.245 e. The standard InChI is InChI=1S/C15H17NO3/c1-3-4-9-16-12-8-6-5-7-11(12)14(18)13(10(2)17)15(16)19/h5-8,13H,3-4,9H2,1-2H3. The van der Waals surface area contributed by atoms with Gasteiger partial charge in [-0.3, -0.25) is 14.4 Å². The van der Waals surface area contributed by atoms with Crippen LogP contribution in [0.5, 0.6) is 0 Å². The lowest BCUT2D eigenvalue weighted by Crippen LogP contribution is -2.47. The summed E-state index contributed by atoms with van der Waals surface area (Å²) in [7, 11) is 0. The van der Waals surface area contributed by atoms with Gasteiger partial charge in [-0.1, -0.05) is 25.5 Å². The lowest BCUT2D eigenvalue weighted by molar-refractivity contribution is -0.129. The van der Waals surface area contributed by atoms with Gasteiger partial charge in [-0.05, 0) is 25.5 Å². The van der Waals surface area contributed by atoms with E-state index in [-0.39, 0.29) is 17.5 Å². The number of rotatable bonds is 4. The Labute approximate surface area is 112 Å². The van der Waals surface area contributed by atoms with Gasteiger partial charge in [0.15, 0.2) is 11.7 Å². The average Bonchev–Trinajstić information content (AvgIpc) is 2.38. The molecule has 1 atom stereocenters. The number of amides is 1. The molecule has 1 aromatic carbocycles. The number of para-hydroxylation sites is 1. The first-order valence-corrected chi connectivity index (χ1v) is 6.53. The van der Waals surface area contributed by atoms with E-state index in [0.29, 0.717) is 17.8 Å². The molecule has 0 aliphatic carbocycles. The molecule has 1 unspecified atom stereocenters. The van der Waals surface area contributed by atoms with Gasteiger partial charge in [0.1, 0.15) is 5.78 Å². The average molecular weight is 259 g/mol. The number of benzene rings is 1. The fourth-order valence-corrected chi connectivity index (χ4v) is 2.36. The number of Topliss-reactive ketones (excluding diaryl/α,β-unsaturated/α-hetero) is 2. The number of unbranched alkanes of at least 4 members (excludes halogenated alkanes) is 1. The number of ketones is 2. The van der Waals surface area contributed by atoms with E-state index in [0.717, 1.165) is 12.8 Å². The van der Waals surface area contributed by atoms with Gasteiger partial charge < -0.3 is 4.90 Å². The molecule has 1 aliphatic heterocycles. The highest BCUT2D eigenvalue weighted by molar-refractivity contribution is 6.31. The number of nitrogens with zero attached hydrogens (tertiary/aromatic N) is 1. The maximum atomic E-state index is 12.3. The highest BCUT2D eigenvalue weighted by Gasteiger charge is 2.41. The van der Waals surface area contributed by atoms with Crippen LogP contribution in [0.3, 0.4) is 0 Å². The SMILES string of the molecule is CCCCN1C(=O)C(C(C)=O)C(=O)c2ccccc21. The molecule has 1 amide bonds. The Morgan fingerprint density at radius 3 is 2.58 bits per heavy atom. The molecule has 1 aliphatic rings. The van der Waals surface area contributed by atoms with Crippen molar-refractivity contribution in [2.75, 3.05) is 11.4 Å². The topological polar surface area (TPSA) is 54.5 Å². The number of hydrogen-bond acceptors (Lipinski definition) is 3. The summed E-state index contributed by atoms with van der Waals surface area (Å²) in [4.78, 5) is 37.7. The lowest BCUT2D eigenvalue weighted by Gasteiger charge is -2.32. The third-order valence-electron chi connectivity index (χ3n) is 3.38. The van der Waals surface area contributed by atoms with Crippen molar-refractivity contribution in [1.82, 2.24) is 0 Å². The molecular weight excluding hydrogens is 242 g/mol. The first-order chi connectivity index (χ1) is 9.07. The van der Waals surface area contributed by atoms with E-state index in [1.807, 2.05) is 6.92 Å². The fraction of sp³-hybridized carbons (Fsp3) is 0.400. The fourth-order valence-electron chi connectivity index (χ4n) is 2.36. The van der Waals surface area contributed by atoms with Crippen molar-refractivity contribution >= 4 is 23.2 Å². The molecule has 2 rings (SSSR count). The van der Waals surface area contributed by atoms with Crippen molar-refractivity contribution in [1.29, 1.82) is 0 Å². The first-order valence-electron chi connectivity index (χ1n) is 6.53. The maximum Gasteiger partial charge on any atom is 0.245 e. The molecule has 0 saturated carbocycles. The van der Waals surface area contributed by atoms with Crippen LogP contribution in [-0.2, 0) is 9.59 Å². The predicted octanol–water partition coefficient (Wildman–Crippen LogP) is 2.22. The molecule has 0 aromatic heterocycles. The third kappa shape index (κ3) is 2.30. The van der Waals surface area contributed by atoms with E-state index in [1.54, 1.807) is 29.2 Å². The molecule has 19 heavy (non-hydrogen) atoms. The lowest BCUT2D eigenvalue weighted by atomic mass is 9.87. The van der Waals surface area contributed by atoms with Gasteiger partial charge in [0.05, 0.1) is 5.69 Å². The predicted molar refractivity (Wildman–Crippen MR) is 72.2 cm³/mol. The zero-order valence-corrected chi connectivity index (χ0v) is 11.2. The molecule has 0 saturated heterocycles. The Balaban J connectivity index is 2.48. The second kappa shape index (κ2) is 5.34. The van der Waals surface area contributed by atoms with Crippen LogP contribution in [-0.4, -0.2) is 24.0 Å². The van der Waals surface area contributed by atoms with E-state index in [9.17, 15) is 14.4 Å². The number of anilines is 1. The summed E-state index contributed by atoms with van der Waals surface area (Å²) < 4.78 is 0. The van der Waals surface area contributed by atoms with Crippen LogP contribution in [0.25, 0.3) is 0 Å². The van der Waals surface area contributed by atoms with Crippen LogP contribution in [0.15, 0.2) is 24.3 Å². The molecule has 4 heteroatoms. The van der Waals surface area contributed by atoms with Gasteiger partial charge >= 0.3 is 0 Å². The normalized spacial score (nSPS) is 18.4. The second-order valence-corrected chi connectivity index (χ2v) is 4.77. The Morgan fingerprint density at radius 2 is 1.95 bits per heavy atom. The Bertz CT molecular complexity index is 536. The highest BCUT2D eigenvalue weighted by Crippen LogP contribution is 2.31. The molecule has 1 heterocycles. The van der Waals surface area contributed by atoms with E-state index < -0.39 is 5.92 Å². The number of fused-ring (bicyclic) bond motifs is 1. The summed E-state index contributed by atoms with van der Waals surface area (Å²) in [5, 5.41) is 0. The largest absolute Gasteiger partial charge is 0.311 e. The summed E-state index contributed by atoms with van der Waals surface area (Å²) >= 11 is 0. The van der Waals surface area contributed by atoms with Gasteiger partial charge in [-0.25, -0.2) is 0 Å². The van der Waals surface area contributed by atoms with Crippen molar-refractivity contribution < 1.29 is 14.4 Å². The maximum absolute atomic E-state index is 12.3. The minimum absolute atomic E-state index is 0.374. The van der Waals surface area contributed by atoms with Crippen LogP contribution < -0.4 is 4.90 Å². The molecule has 0 bridgehead atoms. The van der Waals surface area contributed by atoms with E-state index in [2.05, 4.69) is 0 Å². The summed E-state index contributed by atoms with van der Waals surface area (Å²) in [6.45, 7) is 3.88. The van der Waals surface area contributed by atoms with E-state index >= 15 is 0 Å². The van der Waals surface area contributed by atoms with Crippen molar-refractivity contribution in [2.45, 2.75) is 26.7 Å². The van der Waals surface area contributed by atoms with Gasteiger partial charge in [-0.15, -0.1) is 0 Å². The zero-order chi connectivity index (χ0) is 14.0. The number of carbonyl (C=O) groups excluding carboxylic acids is 3. The van der Waals surface area contributed by atoms with Crippen LogP contribution >= 0.6 is 0 Å². The molecule has 4 nitrogen and oxygen atoms in total. The van der Waals surface area contributed by atoms with Crippen molar-refractivity contribution in [3.8, 4) is 0 Å². The van der Waals surface area contributed by atoms with E-state index in [4.69, 9.17) is 0 Å². The molecule has 1 aromatic rings. The van der Waals surface area contributed by atoms with Gasteiger partial charge in [0.25, 0.3) is 0 Å². The van der Waals surface area contributed by atoms with Crippen molar-refractivity contribution in [3.63, 3.8) is 0 Å². The third-order valence-corrected chi connectivity index (χ3v) is 3.38. The molecule has 0 spiro atoms. The minimum Gasteiger partial charge on any atom is -0.311 e. The van der Waals surface area contributed by atoms with Gasteiger partial charge in [0, 0.05) is 12.1 Å². The summed E-state index contributed by atoms with van der Waals surface area (Å²) in [6.07, 6.45) is 1.80. The second-order valence-electron chi connectivity index (χ2n) is 4.77. The number of carbonyl (C=O) groups is 3. The van der Waals surface area contributed by atoms with Crippen LogP contribution in [0.4, 0.5) is 5.69 Å². The van der Waals surface area contributed by atoms with Gasteiger partial charge in [0.2, 0.25) is 5.91 Å². The highest BCUT2D eigenvalue weighted by atomic mass is 16.2. The van der Waals surface area contributed by atoms with Crippen LogP contribution in [0.1, 0.15) is 37.0 Å².